The van der Waals surface area contributed by atoms with Crippen molar-refractivity contribution in [3.63, 3.8) is 0 Å². The predicted octanol–water partition coefficient (Wildman–Crippen LogP) is 1.46. The smallest absolute Gasteiger partial charge is 0.274 e. The maximum Gasteiger partial charge on any atom is 0.274 e. The van der Waals surface area contributed by atoms with Crippen molar-refractivity contribution in [1.29, 1.82) is 0 Å². The molecular weight excluding hydrogens is 306 g/mol. The number of aryl methyl sites for hydroxylation is 1. The molecule has 1 amide bonds. The second kappa shape index (κ2) is 7.35. The summed E-state index contributed by atoms with van der Waals surface area (Å²) in [5, 5.41) is 4.35. The largest absolute Gasteiger partial charge is 0.377 e. The van der Waals surface area contributed by atoms with Gasteiger partial charge in [-0.2, -0.15) is 5.10 Å². The van der Waals surface area contributed by atoms with E-state index in [1.165, 1.54) is 6.20 Å². The van der Waals surface area contributed by atoms with Gasteiger partial charge in [0, 0.05) is 31.4 Å². The molecule has 0 bridgehead atoms. The summed E-state index contributed by atoms with van der Waals surface area (Å²) < 4.78 is 7.53. The third kappa shape index (κ3) is 3.68. The van der Waals surface area contributed by atoms with Crippen molar-refractivity contribution < 1.29 is 9.53 Å². The first-order chi connectivity index (χ1) is 11.7. The summed E-state index contributed by atoms with van der Waals surface area (Å²) in [5.41, 5.74) is 2.16. The highest BCUT2D eigenvalue weighted by Gasteiger charge is 2.27. The summed E-state index contributed by atoms with van der Waals surface area (Å²) >= 11 is 0. The minimum absolute atomic E-state index is 0.120. The summed E-state index contributed by atoms with van der Waals surface area (Å²) in [6, 6.07) is 1.94. The monoisotopic (exact) mass is 327 g/mol. The quantitative estimate of drug-likeness (QED) is 0.614. The minimum Gasteiger partial charge on any atom is -0.377 e. The lowest BCUT2D eigenvalue weighted by Crippen LogP contribution is -2.35. The van der Waals surface area contributed by atoms with Crippen molar-refractivity contribution in [3.8, 4) is 0 Å². The molecule has 3 rings (SSSR count). The Morgan fingerprint density at radius 2 is 2.29 bits per heavy atom. The van der Waals surface area contributed by atoms with Crippen LogP contribution in [0.5, 0.6) is 0 Å². The van der Waals surface area contributed by atoms with Crippen molar-refractivity contribution in [2.75, 3.05) is 19.8 Å². The standard InChI is InChI=1S/C17H21N5O2/c1-3-6-24-12-14-9-21(11-15-4-5-20-22(15)10-14)17(23)16-8-18-13(2)7-19-16/h3-5,7-8,14H,1,6,9-12H2,2H3. The van der Waals surface area contributed by atoms with E-state index in [2.05, 4.69) is 21.6 Å². The van der Waals surface area contributed by atoms with Gasteiger partial charge in [-0.05, 0) is 13.0 Å². The second-order valence-electron chi connectivity index (χ2n) is 5.93. The highest BCUT2D eigenvalue weighted by molar-refractivity contribution is 5.92. The maximum absolute atomic E-state index is 12.8. The molecule has 0 saturated heterocycles. The van der Waals surface area contributed by atoms with Gasteiger partial charge in [0.05, 0.1) is 37.3 Å². The lowest BCUT2D eigenvalue weighted by molar-refractivity contribution is 0.0631. The van der Waals surface area contributed by atoms with E-state index < -0.39 is 0 Å². The Labute approximate surface area is 141 Å². The molecule has 0 N–H and O–H groups in total. The van der Waals surface area contributed by atoms with E-state index in [1.54, 1.807) is 23.4 Å². The zero-order valence-corrected chi connectivity index (χ0v) is 13.8. The maximum atomic E-state index is 12.8. The van der Waals surface area contributed by atoms with E-state index in [9.17, 15) is 4.79 Å². The Kier molecular flexibility index (Phi) is 5.00. The van der Waals surface area contributed by atoms with Crippen molar-refractivity contribution >= 4 is 5.91 Å². The van der Waals surface area contributed by atoms with Gasteiger partial charge in [-0.1, -0.05) is 6.08 Å². The first-order valence-electron chi connectivity index (χ1n) is 7.94. The average Bonchev–Trinajstić information content (AvgIpc) is 2.93. The number of carbonyl (C=O) groups excluding carboxylic acids is 1. The van der Waals surface area contributed by atoms with Gasteiger partial charge in [-0.15, -0.1) is 6.58 Å². The molecule has 126 valence electrons. The predicted molar refractivity (Wildman–Crippen MR) is 88.2 cm³/mol. The van der Waals surface area contributed by atoms with Gasteiger partial charge in [0.2, 0.25) is 0 Å². The lowest BCUT2D eigenvalue weighted by Gasteiger charge is -2.23. The van der Waals surface area contributed by atoms with E-state index in [-0.39, 0.29) is 11.8 Å². The highest BCUT2D eigenvalue weighted by atomic mass is 16.5. The zero-order valence-electron chi connectivity index (χ0n) is 13.8. The van der Waals surface area contributed by atoms with Crippen molar-refractivity contribution in [2.45, 2.75) is 20.0 Å². The molecular formula is C17H21N5O2. The highest BCUT2D eigenvalue weighted by Crippen LogP contribution is 2.18. The van der Waals surface area contributed by atoms with Gasteiger partial charge < -0.3 is 9.64 Å². The first-order valence-corrected chi connectivity index (χ1v) is 7.94. The van der Waals surface area contributed by atoms with Gasteiger partial charge >= 0.3 is 0 Å². The number of aromatic nitrogens is 4. The lowest BCUT2D eigenvalue weighted by atomic mass is 10.1. The van der Waals surface area contributed by atoms with Crippen LogP contribution in [0.15, 0.2) is 37.3 Å². The molecule has 24 heavy (non-hydrogen) atoms. The number of nitrogens with zero attached hydrogens (tertiary/aromatic N) is 5. The van der Waals surface area contributed by atoms with Gasteiger partial charge in [-0.25, -0.2) is 4.98 Å². The third-order valence-corrected chi connectivity index (χ3v) is 3.94. The van der Waals surface area contributed by atoms with Crippen molar-refractivity contribution in [3.05, 3.63) is 54.4 Å². The number of carbonyl (C=O) groups is 1. The molecule has 3 heterocycles. The molecule has 1 aliphatic heterocycles. The van der Waals surface area contributed by atoms with Gasteiger partial charge in [0.15, 0.2) is 0 Å². The van der Waals surface area contributed by atoms with Crippen LogP contribution in [0.2, 0.25) is 0 Å². The molecule has 0 aromatic carbocycles. The number of hydrogen-bond donors (Lipinski definition) is 0. The fourth-order valence-corrected chi connectivity index (χ4v) is 2.78. The summed E-state index contributed by atoms with van der Waals surface area (Å²) in [6.07, 6.45) is 6.63. The third-order valence-electron chi connectivity index (χ3n) is 3.94. The van der Waals surface area contributed by atoms with Crippen LogP contribution in [0.25, 0.3) is 0 Å². The molecule has 0 radical (unpaired) electrons. The van der Waals surface area contributed by atoms with E-state index in [0.717, 1.165) is 17.9 Å². The van der Waals surface area contributed by atoms with E-state index in [0.29, 0.717) is 32.0 Å². The summed E-state index contributed by atoms with van der Waals surface area (Å²) in [5.74, 6) is 0.0410. The molecule has 7 nitrogen and oxygen atoms in total. The van der Waals surface area contributed by atoms with E-state index >= 15 is 0 Å². The Bertz CT molecular complexity index is 710. The van der Waals surface area contributed by atoms with Crippen molar-refractivity contribution in [2.24, 2.45) is 5.92 Å². The topological polar surface area (TPSA) is 73.1 Å². The Morgan fingerprint density at radius 3 is 3.04 bits per heavy atom. The number of hydrogen-bond acceptors (Lipinski definition) is 5. The number of ether oxygens (including phenoxy) is 1. The van der Waals surface area contributed by atoms with Crippen LogP contribution in [0.3, 0.4) is 0 Å². The van der Waals surface area contributed by atoms with E-state index in [1.807, 2.05) is 17.7 Å². The molecule has 0 saturated carbocycles. The molecule has 1 atom stereocenters. The van der Waals surface area contributed by atoms with Crippen molar-refractivity contribution in [1.82, 2.24) is 24.6 Å². The van der Waals surface area contributed by atoms with Crippen LogP contribution in [-0.4, -0.2) is 50.3 Å². The molecule has 1 unspecified atom stereocenters. The Hall–Kier alpha value is -2.54. The summed E-state index contributed by atoms with van der Waals surface area (Å²) in [7, 11) is 0. The van der Waals surface area contributed by atoms with Crippen LogP contribution in [0.4, 0.5) is 0 Å². The fraction of sp³-hybridized carbons (Fsp3) is 0.412. The van der Waals surface area contributed by atoms with Crippen LogP contribution >= 0.6 is 0 Å². The molecule has 1 aliphatic rings. The van der Waals surface area contributed by atoms with Gasteiger partial charge in [0.1, 0.15) is 5.69 Å². The zero-order chi connectivity index (χ0) is 16.9. The molecule has 0 aliphatic carbocycles. The summed E-state index contributed by atoms with van der Waals surface area (Å²) in [6.45, 7) is 8.38. The molecule has 7 heteroatoms. The minimum atomic E-state index is -0.120. The number of rotatable bonds is 5. The molecule has 0 spiro atoms. The van der Waals surface area contributed by atoms with Gasteiger partial charge in [-0.3, -0.25) is 14.5 Å². The summed E-state index contributed by atoms with van der Waals surface area (Å²) in [4.78, 5) is 23.0. The first kappa shape index (κ1) is 16.3. The second-order valence-corrected chi connectivity index (χ2v) is 5.93. The number of amides is 1. The average molecular weight is 327 g/mol. The Morgan fingerprint density at radius 1 is 1.42 bits per heavy atom. The van der Waals surface area contributed by atoms with Crippen LogP contribution in [0.1, 0.15) is 21.9 Å². The van der Waals surface area contributed by atoms with Crippen LogP contribution < -0.4 is 0 Å². The van der Waals surface area contributed by atoms with Crippen LogP contribution in [-0.2, 0) is 17.8 Å². The molecule has 2 aromatic rings. The van der Waals surface area contributed by atoms with Crippen LogP contribution in [0, 0.1) is 12.8 Å². The number of fused-ring (bicyclic) bond motifs is 1. The van der Waals surface area contributed by atoms with Gasteiger partial charge in [0.25, 0.3) is 5.91 Å². The normalized spacial score (nSPS) is 17.2. The molecule has 0 fully saturated rings. The van der Waals surface area contributed by atoms with E-state index in [4.69, 9.17) is 4.74 Å². The molecule has 2 aromatic heterocycles. The fourth-order valence-electron chi connectivity index (χ4n) is 2.78. The Balaban J connectivity index is 1.79. The SMILES string of the molecule is C=CCOCC1CN(C(=O)c2cnc(C)cn2)Cc2ccnn2C1.